The third-order valence-corrected chi connectivity index (χ3v) is 3.76. The molecule has 1 aromatic carbocycles. The third kappa shape index (κ3) is 2.67. The van der Waals surface area contributed by atoms with Crippen LogP contribution in [0.1, 0.15) is 6.92 Å². The van der Waals surface area contributed by atoms with E-state index in [2.05, 4.69) is 20.7 Å². The second-order valence-corrected chi connectivity index (χ2v) is 5.41. The maximum absolute atomic E-state index is 13.5. The molecule has 0 atom stereocenters. The molecule has 0 saturated heterocycles. The molecular formula is C8H10BrFN2O2S. The number of hydrogen-bond acceptors (Lipinski definition) is 3. The maximum atomic E-state index is 13.5. The minimum atomic E-state index is -3.82. The van der Waals surface area contributed by atoms with Crippen molar-refractivity contribution in [2.75, 3.05) is 12.3 Å². The lowest BCUT2D eigenvalue weighted by atomic mass is 10.3. The Bertz CT molecular complexity index is 476. The average Bonchev–Trinajstić information content (AvgIpc) is 2.11. The molecule has 84 valence electrons. The van der Waals surface area contributed by atoms with E-state index < -0.39 is 20.7 Å². The molecule has 0 radical (unpaired) electrons. The van der Waals surface area contributed by atoms with Gasteiger partial charge < -0.3 is 5.73 Å². The minimum Gasteiger partial charge on any atom is -0.399 e. The van der Waals surface area contributed by atoms with Crippen molar-refractivity contribution in [2.24, 2.45) is 0 Å². The topological polar surface area (TPSA) is 72.2 Å². The summed E-state index contributed by atoms with van der Waals surface area (Å²) in [6.45, 7) is 1.80. The van der Waals surface area contributed by atoms with Crippen molar-refractivity contribution in [3.8, 4) is 0 Å². The van der Waals surface area contributed by atoms with Gasteiger partial charge in [-0.2, -0.15) is 0 Å². The summed E-state index contributed by atoms with van der Waals surface area (Å²) in [6, 6.07) is 2.39. The van der Waals surface area contributed by atoms with E-state index in [0.29, 0.717) is 0 Å². The Kier molecular flexibility index (Phi) is 3.69. The van der Waals surface area contributed by atoms with E-state index in [1.165, 1.54) is 6.07 Å². The quantitative estimate of drug-likeness (QED) is 0.830. The van der Waals surface area contributed by atoms with Gasteiger partial charge in [0.2, 0.25) is 10.0 Å². The van der Waals surface area contributed by atoms with Gasteiger partial charge in [0.1, 0.15) is 4.90 Å². The molecule has 1 aromatic rings. The number of anilines is 1. The van der Waals surface area contributed by atoms with Crippen LogP contribution < -0.4 is 10.5 Å². The van der Waals surface area contributed by atoms with Gasteiger partial charge in [0.25, 0.3) is 0 Å². The molecule has 0 aliphatic heterocycles. The monoisotopic (exact) mass is 296 g/mol. The standard InChI is InChI=1S/C8H10BrFN2O2S/c1-2-12-15(13,14)7-4-5(11)3-6(9)8(7)10/h3-4,12H,2,11H2,1H3. The smallest absolute Gasteiger partial charge is 0.243 e. The second-order valence-electron chi connectivity index (χ2n) is 2.82. The number of hydrogen-bond donors (Lipinski definition) is 2. The SMILES string of the molecule is CCNS(=O)(=O)c1cc(N)cc(Br)c1F. The average molecular weight is 297 g/mol. The molecule has 0 saturated carbocycles. The molecule has 1 rings (SSSR count). The molecule has 4 nitrogen and oxygen atoms in total. The Morgan fingerprint density at radius 1 is 1.53 bits per heavy atom. The number of sulfonamides is 1. The molecule has 0 amide bonds. The van der Waals surface area contributed by atoms with Crippen molar-refractivity contribution in [3.63, 3.8) is 0 Å². The van der Waals surface area contributed by atoms with Crippen LogP contribution in [-0.4, -0.2) is 15.0 Å². The largest absolute Gasteiger partial charge is 0.399 e. The summed E-state index contributed by atoms with van der Waals surface area (Å²) < 4.78 is 38.8. The Morgan fingerprint density at radius 2 is 2.13 bits per heavy atom. The molecular weight excluding hydrogens is 287 g/mol. The summed E-state index contributed by atoms with van der Waals surface area (Å²) in [7, 11) is -3.82. The van der Waals surface area contributed by atoms with Gasteiger partial charge in [-0.1, -0.05) is 6.92 Å². The number of rotatable bonds is 3. The number of nitrogen functional groups attached to an aromatic ring is 1. The maximum Gasteiger partial charge on any atom is 0.243 e. The highest BCUT2D eigenvalue weighted by atomic mass is 79.9. The summed E-state index contributed by atoms with van der Waals surface area (Å²) in [4.78, 5) is -0.448. The molecule has 7 heteroatoms. The first-order chi connectivity index (χ1) is 6.88. The molecule has 0 aliphatic rings. The van der Waals surface area contributed by atoms with Crippen molar-refractivity contribution >= 4 is 31.6 Å². The highest BCUT2D eigenvalue weighted by molar-refractivity contribution is 9.10. The van der Waals surface area contributed by atoms with Crippen LogP contribution in [0.15, 0.2) is 21.5 Å². The fourth-order valence-corrected chi connectivity index (χ4v) is 2.83. The molecule has 3 N–H and O–H groups in total. The van der Waals surface area contributed by atoms with Crippen LogP contribution in [0.2, 0.25) is 0 Å². The zero-order valence-corrected chi connectivity index (χ0v) is 10.3. The van der Waals surface area contributed by atoms with Gasteiger partial charge in [0.15, 0.2) is 5.82 Å². The molecule has 0 spiro atoms. The highest BCUT2D eigenvalue weighted by Crippen LogP contribution is 2.25. The summed E-state index contributed by atoms with van der Waals surface area (Å²) in [6.07, 6.45) is 0. The number of halogens is 2. The first kappa shape index (κ1) is 12.4. The number of nitrogens with one attached hydrogen (secondary N) is 1. The van der Waals surface area contributed by atoms with E-state index in [1.54, 1.807) is 6.92 Å². The molecule has 0 fully saturated rings. The van der Waals surface area contributed by atoms with E-state index in [0.717, 1.165) is 6.07 Å². The van der Waals surface area contributed by atoms with Crippen LogP contribution in [-0.2, 0) is 10.0 Å². The van der Waals surface area contributed by atoms with Gasteiger partial charge in [-0.15, -0.1) is 0 Å². The molecule has 0 unspecified atom stereocenters. The summed E-state index contributed by atoms with van der Waals surface area (Å²) in [5.41, 5.74) is 5.61. The normalized spacial score (nSPS) is 11.7. The molecule has 0 aliphatic carbocycles. The Morgan fingerprint density at radius 3 is 2.67 bits per heavy atom. The molecule has 0 heterocycles. The van der Waals surface area contributed by atoms with Crippen LogP contribution in [0.5, 0.6) is 0 Å². The van der Waals surface area contributed by atoms with E-state index >= 15 is 0 Å². The lowest BCUT2D eigenvalue weighted by Gasteiger charge is -2.07. The van der Waals surface area contributed by atoms with Gasteiger partial charge in [-0.3, -0.25) is 0 Å². The van der Waals surface area contributed by atoms with Crippen LogP contribution in [0.4, 0.5) is 10.1 Å². The van der Waals surface area contributed by atoms with E-state index in [4.69, 9.17) is 5.73 Å². The van der Waals surface area contributed by atoms with Crippen LogP contribution in [0.3, 0.4) is 0 Å². The summed E-state index contributed by atoms with van der Waals surface area (Å²) >= 11 is 2.89. The first-order valence-electron chi connectivity index (χ1n) is 4.12. The Balaban J connectivity index is 3.38. The van der Waals surface area contributed by atoms with Gasteiger partial charge in [0, 0.05) is 12.2 Å². The zero-order chi connectivity index (χ0) is 11.6. The van der Waals surface area contributed by atoms with Crippen molar-refractivity contribution in [2.45, 2.75) is 11.8 Å². The third-order valence-electron chi connectivity index (χ3n) is 1.64. The van der Waals surface area contributed by atoms with Crippen LogP contribution in [0.25, 0.3) is 0 Å². The number of nitrogens with two attached hydrogens (primary N) is 1. The Labute approximate surface area is 95.8 Å². The first-order valence-corrected chi connectivity index (χ1v) is 6.40. The van der Waals surface area contributed by atoms with Gasteiger partial charge in [-0.05, 0) is 28.1 Å². The fraction of sp³-hybridized carbons (Fsp3) is 0.250. The zero-order valence-electron chi connectivity index (χ0n) is 7.92. The highest BCUT2D eigenvalue weighted by Gasteiger charge is 2.20. The summed E-state index contributed by atoms with van der Waals surface area (Å²) in [5.74, 6) is -0.842. The van der Waals surface area contributed by atoms with Gasteiger partial charge >= 0.3 is 0 Å². The fourth-order valence-electron chi connectivity index (χ4n) is 1.05. The van der Waals surface area contributed by atoms with E-state index in [-0.39, 0.29) is 16.7 Å². The van der Waals surface area contributed by atoms with Crippen LogP contribution in [0, 0.1) is 5.82 Å². The minimum absolute atomic E-state index is 0.0268. The van der Waals surface area contributed by atoms with E-state index in [9.17, 15) is 12.8 Å². The van der Waals surface area contributed by atoms with Crippen molar-refractivity contribution in [1.82, 2.24) is 4.72 Å². The lowest BCUT2D eigenvalue weighted by Crippen LogP contribution is -2.24. The van der Waals surface area contributed by atoms with Gasteiger partial charge in [-0.25, -0.2) is 17.5 Å². The van der Waals surface area contributed by atoms with Gasteiger partial charge in [0.05, 0.1) is 4.47 Å². The van der Waals surface area contributed by atoms with Crippen molar-refractivity contribution in [3.05, 3.63) is 22.4 Å². The summed E-state index contributed by atoms with van der Waals surface area (Å²) in [5, 5.41) is 0. The van der Waals surface area contributed by atoms with Crippen molar-refractivity contribution < 1.29 is 12.8 Å². The van der Waals surface area contributed by atoms with Crippen LogP contribution >= 0.6 is 15.9 Å². The van der Waals surface area contributed by atoms with E-state index in [1.807, 2.05) is 0 Å². The van der Waals surface area contributed by atoms with Crippen molar-refractivity contribution in [1.29, 1.82) is 0 Å². The molecule has 15 heavy (non-hydrogen) atoms. The predicted octanol–water partition coefficient (Wildman–Crippen LogP) is 1.47. The molecule has 0 bridgehead atoms. The predicted molar refractivity (Wildman–Crippen MR) is 59.4 cm³/mol. The second kappa shape index (κ2) is 4.46. The Hall–Kier alpha value is -0.660. The molecule has 0 aromatic heterocycles. The lowest BCUT2D eigenvalue weighted by molar-refractivity contribution is 0.556. The number of benzene rings is 1.